The lowest BCUT2D eigenvalue weighted by Crippen LogP contribution is -2.22. The zero-order chi connectivity index (χ0) is 20.4. The first kappa shape index (κ1) is 18.5. The van der Waals surface area contributed by atoms with E-state index in [1.54, 1.807) is 35.0 Å². The van der Waals surface area contributed by atoms with Crippen molar-refractivity contribution in [3.05, 3.63) is 69.9 Å². The molecular weight excluding hydrogens is 370 g/mol. The number of pyridine rings is 1. The van der Waals surface area contributed by atoms with Crippen LogP contribution in [0.3, 0.4) is 0 Å². The summed E-state index contributed by atoms with van der Waals surface area (Å²) in [5.41, 5.74) is 1.71. The van der Waals surface area contributed by atoms with E-state index in [2.05, 4.69) is 16.0 Å². The number of aryl methyl sites for hydroxylation is 1. The lowest BCUT2D eigenvalue weighted by molar-refractivity contribution is 0.291. The van der Waals surface area contributed by atoms with Crippen molar-refractivity contribution in [2.24, 2.45) is 0 Å². The van der Waals surface area contributed by atoms with Gasteiger partial charge in [0.15, 0.2) is 0 Å². The maximum absolute atomic E-state index is 12.1. The van der Waals surface area contributed by atoms with E-state index >= 15 is 0 Å². The quantitative estimate of drug-likeness (QED) is 0.662. The highest BCUT2D eigenvalue weighted by Crippen LogP contribution is 2.26. The smallest absolute Gasteiger partial charge is 0.352 e. The molecule has 3 aromatic rings. The number of nitriles is 1. The Kier molecular flexibility index (Phi) is 4.87. The van der Waals surface area contributed by atoms with Crippen LogP contribution in [0.25, 0.3) is 0 Å². The average Bonchev–Trinajstić information content (AvgIpc) is 3.10. The fraction of sp³-hybridized carbons (Fsp3) is 0.238. The van der Waals surface area contributed by atoms with Crippen LogP contribution in [0.5, 0.6) is 17.4 Å². The molecule has 0 unspecified atom stereocenters. The van der Waals surface area contributed by atoms with Crippen molar-refractivity contribution in [1.82, 2.24) is 14.5 Å². The normalized spacial score (nSPS) is 12.4. The summed E-state index contributed by atoms with van der Waals surface area (Å²) in [6, 6.07) is 12.8. The summed E-state index contributed by atoms with van der Waals surface area (Å²) in [5.74, 6) is 2.05. The largest absolute Gasteiger partial charge is 0.473 e. The lowest BCUT2D eigenvalue weighted by atomic mass is 10.1. The predicted octanol–water partition coefficient (Wildman–Crippen LogP) is 2.64. The summed E-state index contributed by atoms with van der Waals surface area (Å²) in [5, 5.41) is 9.47. The molecular formula is C21H19N5O3. The Hall–Kier alpha value is -3.86. The molecule has 0 radical (unpaired) electrons. The first-order chi connectivity index (χ1) is 14.0. The van der Waals surface area contributed by atoms with E-state index in [4.69, 9.17) is 9.47 Å². The fourth-order valence-corrected chi connectivity index (χ4v) is 3.08. The van der Waals surface area contributed by atoms with E-state index in [-0.39, 0.29) is 18.2 Å². The highest BCUT2D eigenvalue weighted by Gasteiger charge is 2.19. The van der Waals surface area contributed by atoms with Gasteiger partial charge in [0.05, 0.1) is 11.8 Å². The maximum Gasteiger partial charge on any atom is 0.352 e. The van der Waals surface area contributed by atoms with Crippen molar-refractivity contribution in [2.75, 3.05) is 18.5 Å². The lowest BCUT2D eigenvalue weighted by Gasteiger charge is -2.13. The highest BCUT2D eigenvalue weighted by molar-refractivity contribution is 5.47. The molecule has 0 atom stereocenters. The number of fused-ring (bicyclic) bond motifs is 1. The first-order valence-electron chi connectivity index (χ1n) is 9.13. The molecule has 0 saturated heterocycles. The maximum atomic E-state index is 12.1. The highest BCUT2D eigenvalue weighted by atomic mass is 16.5. The van der Waals surface area contributed by atoms with Gasteiger partial charge in [-0.25, -0.2) is 4.79 Å². The Bertz CT molecular complexity index is 1150. The van der Waals surface area contributed by atoms with Gasteiger partial charge in [0.25, 0.3) is 0 Å². The van der Waals surface area contributed by atoms with E-state index in [1.807, 2.05) is 31.0 Å². The SMILES string of the molecule is Cc1ccc(Oc2ccc(COc3cc4n(c(=O)n3)CCN4C)cc2C#N)cn1. The van der Waals surface area contributed by atoms with Crippen LogP contribution in [0.15, 0.2) is 47.4 Å². The van der Waals surface area contributed by atoms with Crippen LogP contribution in [-0.4, -0.2) is 28.1 Å². The zero-order valence-electron chi connectivity index (χ0n) is 16.1. The molecule has 2 aromatic heterocycles. The molecule has 8 heteroatoms. The molecule has 0 spiro atoms. The van der Waals surface area contributed by atoms with Crippen LogP contribution in [0.4, 0.5) is 5.82 Å². The summed E-state index contributed by atoms with van der Waals surface area (Å²) in [4.78, 5) is 22.3. The third-order valence-electron chi connectivity index (χ3n) is 4.68. The molecule has 1 aromatic carbocycles. The summed E-state index contributed by atoms with van der Waals surface area (Å²) in [7, 11) is 1.92. The number of rotatable bonds is 5. The van der Waals surface area contributed by atoms with Crippen LogP contribution in [-0.2, 0) is 13.2 Å². The van der Waals surface area contributed by atoms with Crippen LogP contribution >= 0.6 is 0 Å². The van der Waals surface area contributed by atoms with Crippen LogP contribution in [0.2, 0.25) is 0 Å². The molecule has 1 aliphatic rings. The van der Waals surface area contributed by atoms with Gasteiger partial charge in [0.2, 0.25) is 5.88 Å². The molecule has 3 heterocycles. The van der Waals surface area contributed by atoms with Crippen LogP contribution in [0.1, 0.15) is 16.8 Å². The number of hydrogen-bond donors (Lipinski definition) is 0. The third-order valence-corrected chi connectivity index (χ3v) is 4.68. The molecule has 0 aliphatic carbocycles. The summed E-state index contributed by atoms with van der Waals surface area (Å²) < 4.78 is 13.1. The van der Waals surface area contributed by atoms with Crippen LogP contribution in [0, 0.1) is 18.3 Å². The molecule has 0 saturated carbocycles. The Labute approximate surface area is 167 Å². The van der Waals surface area contributed by atoms with Crippen molar-refractivity contribution in [1.29, 1.82) is 5.26 Å². The van der Waals surface area contributed by atoms with Crippen molar-refractivity contribution in [2.45, 2.75) is 20.1 Å². The molecule has 4 rings (SSSR count). The summed E-state index contributed by atoms with van der Waals surface area (Å²) in [6.07, 6.45) is 1.61. The molecule has 0 fully saturated rings. The van der Waals surface area contributed by atoms with Gasteiger partial charge < -0.3 is 14.4 Å². The molecule has 0 amide bonds. The number of hydrogen-bond acceptors (Lipinski definition) is 7. The minimum absolute atomic E-state index is 0.181. The fourth-order valence-electron chi connectivity index (χ4n) is 3.08. The predicted molar refractivity (Wildman–Crippen MR) is 106 cm³/mol. The second kappa shape index (κ2) is 7.64. The van der Waals surface area contributed by atoms with E-state index < -0.39 is 0 Å². The Morgan fingerprint density at radius 3 is 2.83 bits per heavy atom. The standard InChI is InChI=1S/C21H19N5O3/c1-14-3-5-17(12-23-14)29-18-6-4-15(9-16(18)11-22)13-28-19-10-20-25(2)7-8-26(20)21(27)24-19/h3-6,9-10,12H,7-8,13H2,1-2H3. The molecule has 8 nitrogen and oxygen atoms in total. The number of nitrogens with zero attached hydrogens (tertiary/aromatic N) is 5. The second-order valence-corrected chi connectivity index (χ2v) is 6.78. The van der Waals surface area contributed by atoms with Crippen molar-refractivity contribution in [3.63, 3.8) is 0 Å². The first-order valence-corrected chi connectivity index (χ1v) is 9.13. The summed E-state index contributed by atoms with van der Waals surface area (Å²) in [6.45, 7) is 3.47. The second-order valence-electron chi connectivity index (χ2n) is 6.78. The summed E-state index contributed by atoms with van der Waals surface area (Å²) >= 11 is 0. The number of aromatic nitrogens is 3. The minimum atomic E-state index is -0.324. The van der Waals surface area contributed by atoms with E-state index in [9.17, 15) is 10.1 Å². The van der Waals surface area contributed by atoms with Gasteiger partial charge in [0.1, 0.15) is 30.0 Å². The number of anilines is 1. The van der Waals surface area contributed by atoms with Crippen molar-refractivity contribution >= 4 is 5.82 Å². The molecule has 146 valence electrons. The van der Waals surface area contributed by atoms with Gasteiger partial charge in [-0.05, 0) is 36.8 Å². The van der Waals surface area contributed by atoms with E-state index in [0.29, 0.717) is 23.6 Å². The average molecular weight is 389 g/mol. The van der Waals surface area contributed by atoms with Crippen molar-refractivity contribution < 1.29 is 9.47 Å². The monoisotopic (exact) mass is 389 g/mol. The van der Waals surface area contributed by atoms with Gasteiger partial charge in [0, 0.05) is 31.9 Å². The Morgan fingerprint density at radius 2 is 2.07 bits per heavy atom. The van der Waals surface area contributed by atoms with E-state index in [0.717, 1.165) is 23.6 Å². The minimum Gasteiger partial charge on any atom is -0.473 e. The van der Waals surface area contributed by atoms with Gasteiger partial charge in [-0.1, -0.05) is 6.07 Å². The topological polar surface area (TPSA) is 93.3 Å². The number of ether oxygens (including phenoxy) is 2. The number of likely N-dealkylation sites (N-methyl/N-ethyl adjacent to an activating group) is 1. The van der Waals surface area contributed by atoms with E-state index in [1.165, 1.54) is 0 Å². The van der Waals surface area contributed by atoms with Gasteiger partial charge >= 0.3 is 5.69 Å². The molecule has 1 aliphatic heterocycles. The third kappa shape index (κ3) is 3.89. The zero-order valence-corrected chi connectivity index (χ0v) is 16.1. The van der Waals surface area contributed by atoms with Crippen LogP contribution < -0.4 is 20.1 Å². The van der Waals surface area contributed by atoms with Gasteiger partial charge in [-0.3, -0.25) is 9.55 Å². The van der Waals surface area contributed by atoms with Gasteiger partial charge in [-0.15, -0.1) is 0 Å². The Balaban J connectivity index is 1.49. The van der Waals surface area contributed by atoms with Gasteiger partial charge in [-0.2, -0.15) is 10.2 Å². The molecule has 0 bridgehead atoms. The van der Waals surface area contributed by atoms with Crippen molar-refractivity contribution in [3.8, 4) is 23.4 Å². The molecule has 0 N–H and O–H groups in total. The molecule has 29 heavy (non-hydrogen) atoms. The number of benzene rings is 1. The Morgan fingerprint density at radius 1 is 1.21 bits per heavy atom.